The lowest BCUT2D eigenvalue weighted by atomic mass is 10.3. The predicted octanol–water partition coefficient (Wildman–Crippen LogP) is 0.570. The molecule has 1 unspecified atom stereocenters. The molecule has 7 nitrogen and oxygen atoms in total. The number of carboxylic acids is 1. The number of rotatable bonds is 7. The maximum absolute atomic E-state index is 12.1. The van der Waals surface area contributed by atoms with E-state index in [9.17, 15) is 18.3 Å². The summed E-state index contributed by atoms with van der Waals surface area (Å²) in [4.78, 5) is 11.1. The number of nitrogens with zero attached hydrogens (tertiary/aromatic N) is 1. The molecule has 8 heteroatoms. The largest absolute Gasteiger partial charge is 0.477 e. The number of carboxylic acid groups (broad SMARTS) is 1. The van der Waals surface area contributed by atoms with Crippen molar-refractivity contribution in [2.75, 3.05) is 6.54 Å². The van der Waals surface area contributed by atoms with Gasteiger partial charge in [0, 0.05) is 18.8 Å². The second-order valence-electron chi connectivity index (χ2n) is 4.92. The molecule has 20 heavy (non-hydrogen) atoms. The fourth-order valence-electron chi connectivity index (χ4n) is 1.86. The van der Waals surface area contributed by atoms with E-state index in [1.165, 1.54) is 10.8 Å². The van der Waals surface area contributed by atoms with Crippen LogP contribution in [-0.2, 0) is 10.0 Å². The van der Waals surface area contributed by atoms with Crippen molar-refractivity contribution in [1.82, 2.24) is 9.29 Å². The van der Waals surface area contributed by atoms with Gasteiger partial charge >= 0.3 is 5.97 Å². The highest BCUT2D eigenvalue weighted by molar-refractivity contribution is 7.89. The van der Waals surface area contributed by atoms with Crippen molar-refractivity contribution >= 4 is 16.0 Å². The topological polar surface area (TPSA) is 109 Å². The summed E-state index contributed by atoms with van der Waals surface area (Å²) in [6.07, 6.45) is 2.75. The lowest BCUT2D eigenvalue weighted by Crippen LogP contribution is -2.31. The zero-order valence-electron chi connectivity index (χ0n) is 11.1. The van der Waals surface area contributed by atoms with Gasteiger partial charge in [-0.2, -0.15) is 0 Å². The van der Waals surface area contributed by atoms with Crippen LogP contribution in [0.3, 0.4) is 0 Å². The lowest BCUT2D eigenvalue weighted by molar-refractivity contribution is 0.0685. The molecule has 1 saturated carbocycles. The molecule has 1 aliphatic carbocycles. The molecule has 0 saturated heterocycles. The summed E-state index contributed by atoms with van der Waals surface area (Å²) in [5.74, 6) is -1.15. The first-order valence-electron chi connectivity index (χ1n) is 6.48. The Bertz CT molecular complexity index is 603. The van der Waals surface area contributed by atoms with Crippen LogP contribution in [0.2, 0.25) is 0 Å². The maximum atomic E-state index is 12.1. The van der Waals surface area contributed by atoms with E-state index in [4.69, 9.17) is 5.11 Å². The van der Waals surface area contributed by atoms with Crippen LogP contribution in [0.1, 0.15) is 42.7 Å². The van der Waals surface area contributed by atoms with E-state index in [1.807, 2.05) is 0 Å². The molecule has 1 fully saturated rings. The third kappa shape index (κ3) is 3.20. The number of aliphatic hydroxyl groups excluding tert-OH is 1. The average molecular weight is 302 g/mol. The zero-order valence-corrected chi connectivity index (χ0v) is 11.9. The van der Waals surface area contributed by atoms with E-state index in [0.717, 1.165) is 18.9 Å². The minimum Gasteiger partial charge on any atom is -0.477 e. The maximum Gasteiger partial charge on any atom is 0.352 e. The molecule has 1 heterocycles. The lowest BCUT2D eigenvalue weighted by Gasteiger charge is -2.09. The van der Waals surface area contributed by atoms with Gasteiger partial charge in [-0.3, -0.25) is 0 Å². The van der Waals surface area contributed by atoms with Crippen LogP contribution >= 0.6 is 0 Å². The van der Waals surface area contributed by atoms with Gasteiger partial charge in [0.1, 0.15) is 10.6 Å². The first kappa shape index (κ1) is 15.0. The Morgan fingerprint density at radius 1 is 1.55 bits per heavy atom. The van der Waals surface area contributed by atoms with Gasteiger partial charge in [0.05, 0.1) is 6.10 Å². The highest BCUT2D eigenvalue weighted by atomic mass is 32.2. The molecule has 2 rings (SSSR count). The number of aromatic carboxylic acids is 1. The van der Waals surface area contributed by atoms with E-state index in [0.29, 0.717) is 6.42 Å². The SMILES string of the molecule is CCC(O)CNS(=O)(=O)c1cc(C(=O)O)n(C2CC2)c1. The van der Waals surface area contributed by atoms with Crippen molar-refractivity contribution in [3.8, 4) is 0 Å². The van der Waals surface area contributed by atoms with Crippen LogP contribution < -0.4 is 4.72 Å². The van der Waals surface area contributed by atoms with E-state index in [2.05, 4.69) is 4.72 Å². The first-order valence-corrected chi connectivity index (χ1v) is 7.96. The second-order valence-corrected chi connectivity index (χ2v) is 6.69. The zero-order chi connectivity index (χ0) is 14.9. The quantitative estimate of drug-likeness (QED) is 0.682. The molecule has 0 radical (unpaired) electrons. The molecule has 112 valence electrons. The molecule has 0 amide bonds. The summed E-state index contributed by atoms with van der Waals surface area (Å²) >= 11 is 0. The molecular formula is C12H18N2O5S. The number of hydrogen-bond donors (Lipinski definition) is 3. The number of aromatic nitrogens is 1. The van der Waals surface area contributed by atoms with Gasteiger partial charge in [-0.15, -0.1) is 0 Å². The summed E-state index contributed by atoms with van der Waals surface area (Å²) in [7, 11) is -3.80. The molecule has 0 bridgehead atoms. The van der Waals surface area contributed by atoms with Crippen LogP contribution in [0.25, 0.3) is 0 Å². The highest BCUT2D eigenvalue weighted by Gasteiger charge is 2.30. The fourth-order valence-corrected chi connectivity index (χ4v) is 2.96. The van der Waals surface area contributed by atoms with Crippen LogP contribution in [-0.4, -0.2) is 41.8 Å². The van der Waals surface area contributed by atoms with Crippen molar-refractivity contribution in [1.29, 1.82) is 0 Å². The van der Waals surface area contributed by atoms with Gasteiger partial charge in [-0.1, -0.05) is 6.92 Å². The van der Waals surface area contributed by atoms with E-state index in [-0.39, 0.29) is 23.2 Å². The van der Waals surface area contributed by atoms with E-state index >= 15 is 0 Å². The minimum atomic E-state index is -3.80. The smallest absolute Gasteiger partial charge is 0.352 e. The Hall–Kier alpha value is -1.38. The number of nitrogens with one attached hydrogen (secondary N) is 1. The normalized spacial score (nSPS) is 17.1. The summed E-state index contributed by atoms with van der Waals surface area (Å²) in [6.45, 7) is 1.65. The fraction of sp³-hybridized carbons (Fsp3) is 0.583. The van der Waals surface area contributed by atoms with Crippen molar-refractivity contribution in [3.05, 3.63) is 18.0 Å². The molecule has 0 aromatic carbocycles. The Kier molecular flexibility index (Phi) is 4.17. The molecule has 0 spiro atoms. The Balaban J connectivity index is 2.23. The molecule has 1 aromatic heterocycles. The van der Waals surface area contributed by atoms with E-state index in [1.54, 1.807) is 6.92 Å². The number of aliphatic hydroxyl groups is 1. The molecule has 1 atom stereocenters. The molecule has 1 aromatic rings. The predicted molar refractivity (Wildman–Crippen MR) is 71.1 cm³/mol. The highest BCUT2D eigenvalue weighted by Crippen LogP contribution is 2.37. The minimum absolute atomic E-state index is 0.0242. The van der Waals surface area contributed by atoms with Crippen molar-refractivity contribution in [2.45, 2.75) is 43.2 Å². The van der Waals surface area contributed by atoms with Crippen LogP contribution in [0.5, 0.6) is 0 Å². The van der Waals surface area contributed by atoms with Crippen LogP contribution in [0, 0.1) is 0 Å². The van der Waals surface area contributed by atoms with Crippen LogP contribution in [0.4, 0.5) is 0 Å². The number of sulfonamides is 1. The van der Waals surface area contributed by atoms with Gasteiger partial charge in [0.2, 0.25) is 10.0 Å². The summed E-state index contributed by atoms with van der Waals surface area (Å²) in [5.41, 5.74) is -0.0242. The molecule has 3 N–H and O–H groups in total. The van der Waals surface area contributed by atoms with Crippen molar-refractivity contribution < 1.29 is 23.4 Å². The molecule has 1 aliphatic rings. The van der Waals surface area contributed by atoms with E-state index < -0.39 is 22.1 Å². The van der Waals surface area contributed by atoms with Gasteiger partial charge in [0.15, 0.2) is 0 Å². The molecular weight excluding hydrogens is 284 g/mol. The van der Waals surface area contributed by atoms with Crippen LogP contribution in [0.15, 0.2) is 17.2 Å². The van der Waals surface area contributed by atoms with Gasteiger partial charge in [0.25, 0.3) is 0 Å². The van der Waals surface area contributed by atoms with Gasteiger partial charge in [-0.05, 0) is 25.3 Å². The Morgan fingerprint density at radius 2 is 2.20 bits per heavy atom. The van der Waals surface area contributed by atoms with Crippen molar-refractivity contribution in [2.24, 2.45) is 0 Å². The Morgan fingerprint density at radius 3 is 2.70 bits per heavy atom. The number of carbonyl (C=O) groups is 1. The second kappa shape index (κ2) is 5.55. The average Bonchev–Trinajstić information content (AvgIpc) is 3.13. The van der Waals surface area contributed by atoms with Gasteiger partial charge in [-0.25, -0.2) is 17.9 Å². The summed E-state index contributed by atoms with van der Waals surface area (Å²) in [6, 6.07) is 1.23. The Labute approximate surface area is 117 Å². The first-order chi connectivity index (χ1) is 9.35. The third-order valence-corrected chi connectivity index (χ3v) is 4.66. The number of hydrogen-bond acceptors (Lipinski definition) is 4. The third-order valence-electron chi connectivity index (χ3n) is 3.27. The monoisotopic (exact) mass is 302 g/mol. The summed E-state index contributed by atoms with van der Waals surface area (Å²) < 4.78 is 27.9. The standard InChI is InChI=1S/C12H18N2O5S/c1-2-9(15)6-13-20(18,19)10-5-11(12(16)17)14(7-10)8-3-4-8/h5,7-9,13,15H,2-4,6H2,1H3,(H,16,17). The summed E-state index contributed by atoms with van der Waals surface area (Å²) in [5, 5.41) is 18.5. The van der Waals surface area contributed by atoms with Gasteiger partial charge < -0.3 is 14.8 Å². The molecule has 0 aliphatic heterocycles. The van der Waals surface area contributed by atoms with Crippen molar-refractivity contribution in [3.63, 3.8) is 0 Å².